The van der Waals surface area contributed by atoms with Gasteiger partial charge in [-0.05, 0) is 23.6 Å². The van der Waals surface area contributed by atoms with Gasteiger partial charge in [-0.2, -0.15) is 0 Å². The van der Waals surface area contributed by atoms with Crippen molar-refractivity contribution in [2.24, 2.45) is 0 Å². The van der Waals surface area contributed by atoms with E-state index in [9.17, 15) is 9.59 Å². The second-order valence-corrected chi connectivity index (χ2v) is 5.20. The number of benzene rings is 2. The van der Waals surface area contributed by atoms with Crippen molar-refractivity contribution in [2.75, 3.05) is 0 Å². The number of rotatable bonds is 2. The van der Waals surface area contributed by atoms with Crippen molar-refractivity contribution in [3.05, 3.63) is 88.5 Å². The zero-order chi connectivity index (χ0) is 15.8. The van der Waals surface area contributed by atoms with E-state index in [0.29, 0.717) is 16.4 Å². The van der Waals surface area contributed by atoms with E-state index in [0.717, 1.165) is 5.39 Å². The van der Waals surface area contributed by atoms with Gasteiger partial charge in [0, 0.05) is 17.0 Å². The van der Waals surface area contributed by atoms with E-state index in [4.69, 9.17) is 4.42 Å². The minimum absolute atomic E-state index is 0.00690. The summed E-state index contributed by atoms with van der Waals surface area (Å²) in [7, 11) is 0. The lowest BCUT2D eigenvalue weighted by atomic mass is 10.0. The number of pyridine rings is 1. The molecule has 0 atom stereocenters. The van der Waals surface area contributed by atoms with E-state index >= 15 is 0 Å². The third-order valence-corrected chi connectivity index (χ3v) is 3.77. The maximum atomic E-state index is 12.8. The van der Waals surface area contributed by atoms with Gasteiger partial charge in [-0.1, -0.05) is 42.5 Å². The van der Waals surface area contributed by atoms with Crippen molar-refractivity contribution in [2.45, 2.75) is 0 Å². The van der Waals surface area contributed by atoms with Gasteiger partial charge >= 0.3 is 5.63 Å². The fourth-order valence-corrected chi connectivity index (χ4v) is 2.65. The molecule has 4 nitrogen and oxygen atoms in total. The number of hydrogen-bond donors (Lipinski definition) is 0. The fraction of sp³-hybridized carbons (Fsp3) is 0. The highest BCUT2D eigenvalue weighted by Crippen LogP contribution is 2.20. The van der Waals surface area contributed by atoms with Crippen LogP contribution in [0.1, 0.15) is 16.1 Å². The van der Waals surface area contributed by atoms with E-state index in [2.05, 4.69) is 4.98 Å². The average Bonchev–Trinajstić information content (AvgIpc) is 2.60. The molecule has 23 heavy (non-hydrogen) atoms. The van der Waals surface area contributed by atoms with Crippen LogP contribution < -0.4 is 5.63 Å². The SMILES string of the molecule is O=C(c1cc2ccccc2oc1=O)c1nccc2ccccc12. The van der Waals surface area contributed by atoms with Gasteiger partial charge in [0.1, 0.15) is 16.8 Å². The van der Waals surface area contributed by atoms with Crippen molar-refractivity contribution in [3.8, 4) is 0 Å². The van der Waals surface area contributed by atoms with Gasteiger partial charge in [0.15, 0.2) is 0 Å². The quantitative estimate of drug-likeness (QED) is 0.419. The molecule has 0 aliphatic heterocycles. The van der Waals surface area contributed by atoms with Crippen LogP contribution in [0.25, 0.3) is 21.7 Å². The second-order valence-electron chi connectivity index (χ2n) is 5.20. The van der Waals surface area contributed by atoms with E-state index in [1.165, 1.54) is 0 Å². The molecule has 4 aromatic rings. The van der Waals surface area contributed by atoms with Crippen LogP contribution in [0.4, 0.5) is 0 Å². The van der Waals surface area contributed by atoms with Gasteiger partial charge in [0.05, 0.1) is 0 Å². The molecular weight excluding hydrogens is 290 g/mol. The molecule has 2 aromatic heterocycles. The maximum absolute atomic E-state index is 12.8. The Kier molecular flexibility index (Phi) is 3.01. The Balaban J connectivity index is 1.95. The van der Waals surface area contributed by atoms with Crippen LogP contribution >= 0.6 is 0 Å². The van der Waals surface area contributed by atoms with Crippen molar-refractivity contribution in [1.29, 1.82) is 0 Å². The van der Waals surface area contributed by atoms with Crippen LogP contribution in [-0.4, -0.2) is 10.8 Å². The first kappa shape index (κ1) is 13.4. The third-order valence-electron chi connectivity index (χ3n) is 3.77. The Hall–Kier alpha value is -3.27. The molecule has 0 bridgehead atoms. The Morgan fingerprint density at radius 3 is 2.52 bits per heavy atom. The number of fused-ring (bicyclic) bond motifs is 2. The Morgan fingerprint density at radius 2 is 1.65 bits per heavy atom. The van der Waals surface area contributed by atoms with Gasteiger partial charge < -0.3 is 4.42 Å². The summed E-state index contributed by atoms with van der Waals surface area (Å²) in [5, 5.41) is 2.32. The lowest BCUT2D eigenvalue weighted by Crippen LogP contribution is -2.16. The molecule has 2 aromatic carbocycles. The van der Waals surface area contributed by atoms with Crippen molar-refractivity contribution >= 4 is 27.5 Å². The summed E-state index contributed by atoms with van der Waals surface area (Å²) in [6, 6.07) is 17.9. The molecule has 0 radical (unpaired) electrons. The summed E-state index contributed by atoms with van der Waals surface area (Å²) in [5.74, 6) is -0.429. The molecule has 2 heterocycles. The summed E-state index contributed by atoms with van der Waals surface area (Å²) < 4.78 is 5.24. The highest BCUT2D eigenvalue weighted by atomic mass is 16.4. The molecule has 4 rings (SSSR count). The van der Waals surface area contributed by atoms with Crippen LogP contribution in [0.15, 0.2) is 76.1 Å². The zero-order valence-corrected chi connectivity index (χ0v) is 12.0. The smallest absolute Gasteiger partial charge is 0.347 e. The van der Waals surface area contributed by atoms with Crippen molar-refractivity contribution < 1.29 is 9.21 Å². The van der Waals surface area contributed by atoms with Gasteiger partial charge in [0.25, 0.3) is 0 Å². The van der Waals surface area contributed by atoms with E-state index in [1.807, 2.05) is 36.4 Å². The lowest BCUT2D eigenvalue weighted by Gasteiger charge is -2.05. The van der Waals surface area contributed by atoms with Gasteiger partial charge in [-0.15, -0.1) is 0 Å². The number of ketones is 1. The summed E-state index contributed by atoms with van der Waals surface area (Å²) in [4.78, 5) is 29.1. The number of carbonyl (C=O) groups excluding carboxylic acids is 1. The van der Waals surface area contributed by atoms with Gasteiger partial charge in [0.2, 0.25) is 5.78 Å². The molecule has 0 saturated heterocycles. The molecule has 0 amide bonds. The normalized spacial score (nSPS) is 11.0. The lowest BCUT2D eigenvalue weighted by molar-refractivity contribution is 0.103. The summed E-state index contributed by atoms with van der Waals surface area (Å²) in [6.07, 6.45) is 1.57. The molecule has 0 fully saturated rings. The number of carbonyl (C=O) groups is 1. The van der Waals surface area contributed by atoms with Crippen LogP contribution in [0.5, 0.6) is 0 Å². The molecule has 0 unspecified atom stereocenters. The Morgan fingerprint density at radius 1 is 0.913 bits per heavy atom. The topological polar surface area (TPSA) is 60.2 Å². The number of nitrogens with zero attached hydrogens (tertiary/aromatic N) is 1. The standard InChI is InChI=1S/C19H11NO3/c21-18(17-14-7-3-1-5-12(14)9-10-20-17)15-11-13-6-2-4-8-16(13)23-19(15)22/h1-11H. The Bertz CT molecular complexity index is 1110. The largest absolute Gasteiger partial charge is 0.422 e. The van der Waals surface area contributed by atoms with Crippen LogP contribution in [0.2, 0.25) is 0 Å². The second kappa shape index (κ2) is 5.18. The highest BCUT2D eigenvalue weighted by molar-refractivity contribution is 6.15. The van der Waals surface area contributed by atoms with Gasteiger partial charge in [-0.3, -0.25) is 9.78 Å². The van der Waals surface area contributed by atoms with Crippen LogP contribution in [-0.2, 0) is 0 Å². The molecular formula is C19H11NO3. The predicted octanol–water partition coefficient (Wildman–Crippen LogP) is 3.57. The number of para-hydroxylation sites is 1. The fourth-order valence-electron chi connectivity index (χ4n) is 2.65. The van der Waals surface area contributed by atoms with E-state index in [1.54, 1.807) is 30.5 Å². The van der Waals surface area contributed by atoms with Crippen LogP contribution in [0, 0.1) is 0 Å². The first-order valence-electron chi connectivity index (χ1n) is 7.15. The van der Waals surface area contributed by atoms with E-state index < -0.39 is 11.4 Å². The monoisotopic (exact) mass is 301 g/mol. The maximum Gasteiger partial charge on any atom is 0.347 e. The first-order chi connectivity index (χ1) is 11.2. The number of hydrogen-bond acceptors (Lipinski definition) is 4. The first-order valence-corrected chi connectivity index (χ1v) is 7.15. The van der Waals surface area contributed by atoms with Crippen molar-refractivity contribution in [3.63, 3.8) is 0 Å². The number of aromatic nitrogens is 1. The summed E-state index contributed by atoms with van der Waals surface area (Å²) in [5.41, 5.74) is 0.0570. The molecule has 0 aliphatic carbocycles. The Labute approximate surface area is 131 Å². The molecule has 110 valence electrons. The molecule has 4 heteroatoms. The van der Waals surface area contributed by atoms with Crippen LogP contribution in [0.3, 0.4) is 0 Å². The van der Waals surface area contributed by atoms with Crippen molar-refractivity contribution in [1.82, 2.24) is 4.98 Å². The minimum Gasteiger partial charge on any atom is -0.422 e. The minimum atomic E-state index is -0.650. The van der Waals surface area contributed by atoms with Gasteiger partial charge in [-0.25, -0.2) is 4.79 Å². The third kappa shape index (κ3) is 2.21. The highest BCUT2D eigenvalue weighted by Gasteiger charge is 2.19. The molecule has 0 aliphatic rings. The molecule has 0 N–H and O–H groups in total. The average molecular weight is 301 g/mol. The molecule has 0 spiro atoms. The zero-order valence-electron chi connectivity index (χ0n) is 12.0. The molecule has 0 saturated carbocycles. The summed E-state index contributed by atoms with van der Waals surface area (Å²) >= 11 is 0. The summed E-state index contributed by atoms with van der Waals surface area (Å²) in [6.45, 7) is 0. The van der Waals surface area contributed by atoms with E-state index in [-0.39, 0.29) is 11.3 Å². The predicted molar refractivity (Wildman–Crippen MR) is 87.7 cm³/mol.